The quantitative estimate of drug-likeness (QED) is 0.765. The fourth-order valence-electron chi connectivity index (χ4n) is 0.941. The predicted octanol–water partition coefficient (Wildman–Crippen LogP) is 2.63. The molecular weight excluding hydrogens is 174 g/mol. The molecule has 0 amide bonds. The summed E-state index contributed by atoms with van der Waals surface area (Å²) >= 11 is 0. The minimum atomic E-state index is -2.42. The number of rotatable bonds is 3. The van der Waals surface area contributed by atoms with E-state index in [1.165, 1.54) is 12.1 Å². The van der Waals surface area contributed by atoms with Crippen molar-refractivity contribution in [3.05, 3.63) is 41.5 Å². The molecule has 0 unspecified atom stereocenters. The molecule has 0 heterocycles. The second kappa shape index (κ2) is 4.72. The normalized spacial score (nSPS) is 11.4. The first-order valence-electron chi connectivity index (χ1n) is 3.89. The fraction of sp³-hybridized carbons (Fsp3) is 0.200. The molecule has 0 spiro atoms. The highest BCUT2D eigenvalue weighted by Gasteiger charge is 2.04. The summed E-state index contributed by atoms with van der Waals surface area (Å²) < 4.78 is 24.2. The monoisotopic (exact) mass is 184 g/mol. The molecule has 0 aliphatic heterocycles. The number of benzene rings is 1. The Morgan fingerprint density at radius 3 is 2.31 bits per heavy atom. The molecule has 3 heteroatoms. The SMILES string of the molecule is OCC=Cc1ccc(C(F)F)cc1. The van der Waals surface area contributed by atoms with Crippen molar-refractivity contribution in [1.29, 1.82) is 0 Å². The molecule has 0 aromatic heterocycles. The maximum Gasteiger partial charge on any atom is 0.263 e. The number of aliphatic hydroxyl groups is 1. The van der Waals surface area contributed by atoms with Crippen molar-refractivity contribution in [1.82, 2.24) is 0 Å². The lowest BCUT2D eigenvalue weighted by atomic mass is 10.1. The predicted molar refractivity (Wildman–Crippen MR) is 47.5 cm³/mol. The van der Waals surface area contributed by atoms with Gasteiger partial charge in [-0.05, 0) is 5.56 Å². The third-order valence-corrected chi connectivity index (χ3v) is 1.60. The van der Waals surface area contributed by atoms with Crippen LogP contribution < -0.4 is 0 Å². The van der Waals surface area contributed by atoms with Crippen LogP contribution >= 0.6 is 0 Å². The van der Waals surface area contributed by atoms with E-state index in [1.54, 1.807) is 24.3 Å². The van der Waals surface area contributed by atoms with E-state index in [9.17, 15) is 8.78 Å². The Balaban J connectivity index is 2.75. The Bertz CT molecular complexity index is 277. The van der Waals surface area contributed by atoms with Crippen LogP contribution in [0.2, 0.25) is 0 Å². The summed E-state index contributed by atoms with van der Waals surface area (Å²) in [7, 11) is 0. The van der Waals surface area contributed by atoms with Crippen molar-refractivity contribution < 1.29 is 13.9 Å². The molecule has 13 heavy (non-hydrogen) atoms. The van der Waals surface area contributed by atoms with Crippen LogP contribution in [0.25, 0.3) is 6.08 Å². The lowest BCUT2D eigenvalue weighted by Crippen LogP contribution is -1.83. The van der Waals surface area contributed by atoms with Gasteiger partial charge in [-0.25, -0.2) is 8.78 Å². The standard InChI is InChI=1S/C10H10F2O/c11-10(12)9-5-3-8(4-6-9)2-1-7-13/h1-6,10,13H,7H2. The van der Waals surface area contributed by atoms with Crippen LogP contribution in [0.5, 0.6) is 0 Å². The van der Waals surface area contributed by atoms with Crippen molar-refractivity contribution in [3.63, 3.8) is 0 Å². The van der Waals surface area contributed by atoms with Gasteiger partial charge in [0.2, 0.25) is 0 Å². The van der Waals surface area contributed by atoms with Crippen LogP contribution in [0.15, 0.2) is 30.3 Å². The average Bonchev–Trinajstić information content (AvgIpc) is 2.15. The second-order valence-electron chi connectivity index (χ2n) is 2.55. The molecule has 0 radical (unpaired) electrons. The van der Waals surface area contributed by atoms with E-state index in [1.807, 2.05) is 0 Å². The van der Waals surface area contributed by atoms with Crippen molar-refractivity contribution in [3.8, 4) is 0 Å². The third-order valence-electron chi connectivity index (χ3n) is 1.60. The summed E-state index contributed by atoms with van der Waals surface area (Å²) in [5, 5.41) is 8.46. The van der Waals surface area contributed by atoms with Crippen LogP contribution in [0.4, 0.5) is 8.78 Å². The highest BCUT2D eigenvalue weighted by atomic mass is 19.3. The van der Waals surface area contributed by atoms with Gasteiger partial charge < -0.3 is 5.11 Å². The maximum absolute atomic E-state index is 12.1. The minimum absolute atomic E-state index is 0.0150. The molecule has 0 saturated heterocycles. The first-order valence-corrected chi connectivity index (χ1v) is 3.89. The molecule has 0 atom stereocenters. The molecule has 1 nitrogen and oxygen atoms in total. The number of halogens is 2. The zero-order valence-corrected chi connectivity index (χ0v) is 6.95. The third kappa shape index (κ3) is 2.95. The molecular formula is C10H10F2O. The van der Waals surface area contributed by atoms with Gasteiger partial charge in [0.1, 0.15) is 0 Å². The van der Waals surface area contributed by atoms with E-state index >= 15 is 0 Å². The van der Waals surface area contributed by atoms with Gasteiger partial charge in [-0.1, -0.05) is 36.4 Å². The van der Waals surface area contributed by atoms with E-state index < -0.39 is 6.43 Å². The van der Waals surface area contributed by atoms with Gasteiger partial charge in [0.25, 0.3) is 6.43 Å². The average molecular weight is 184 g/mol. The number of hydrogen-bond donors (Lipinski definition) is 1. The van der Waals surface area contributed by atoms with Crippen LogP contribution in [-0.2, 0) is 0 Å². The molecule has 0 fully saturated rings. The summed E-state index contributed by atoms with van der Waals surface area (Å²) in [6.45, 7) is -0.0450. The summed E-state index contributed by atoms with van der Waals surface area (Å²) in [6, 6.07) is 5.94. The summed E-state index contributed by atoms with van der Waals surface area (Å²) in [5.41, 5.74) is 0.819. The van der Waals surface area contributed by atoms with Gasteiger partial charge in [-0.3, -0.25) is 0 Å². The molecule has 1 N–H and O–H groups in total. The number of aliphatic hydroxyl groups excluding tert-OH is 1. The first kappa shape index (κ1) is 9.86. The zero-order chi connectivity index (χ0) is 9.68. The maximum atomic E-state index is 12.1. The van der Waals surface area contributed by atoms with Crippen LogP contribution in [0.1, 0.15) is 17.6 Å². The summed E-state index contributed by atoms with van der Waals surface area (Å²) in [6.07, 6.45) is 0.808. The Labute approximate surface area is 75.3 Å². The van der Waals surface area contributed by atoms with Gasteiger partial charge in [-0.15, -0.1) is 0 Å². The van der Waals surface area contributed by atoms with E-state index in [-0.39, 0.29) is 12.2 Å². The second-order valence-corrected chi connectivity index (χ2v) is 2.55. The number of hydrogen-bond acceptors (Lipinski definition) is 1. The lowest BCUT2D eigenvalue weighted by Gasteiger charge is -1.98. The highest BCUT2D eigenvalue weighted by molar-refractivity contribution is 5.49. The van der Waals surface area contributed by atoms with Gasteiger partial charge in [0.15, 0.2) is 0 Å². The molecule has 1 aromatic carbocycles. The van der Waals surface area contributed by atoms with Crippen molar-refractivity contribution in [2.24, 2.45) is 0 Å². The van der Waals surface area contributed by atoms with Crippen molar-refractivity contribution in [2.45, 2.75) is 6.43 Å². The van der Waals surface area contributed by atoms with Gasteiger partial charge in [0.05, 0.1) is 6.61 Å². The summed E-state index contributed by atoms with van der Waals surface area (Å²) in [5.74, 6) is 0. The largest absolute Gasteiger partial charge is 0.392 e. The van der Waals surface area contributed by atoms with E-state index in [0.29, 0.717) is 0 Å². The molecule has 0 aliphatic carbocycles. The smallest absolute Gasteiger partial charge is 0.263 e. The Kier molecular flexibility index (Phi) is 3.58. The Hall–Kier alpha value is -1.22. The van der Waals surface area contributed by atoms with Gasteiger partial charge in [-0.2, -0.15) is 0 Å². The topological polar surface area (TPSA) is 20.2 Å². The van der Waals surface area contributed by atoms with Crippen molar-refractivity contribution >= 4 is 6.08 Å². The zero-order valence-electron chi connectivity index (χ0n) is 6.95. The Morgan fingerprint density at radius 1 is 1.23 bits per heavy atom. The van der Waals surface area contributed by atoms with Crippen molar-refractivity contribution in [2.75, 3.05) is 6.61 Å². The van der Waals surface area contributed by atoms with Crippen LogP contribution in [0.3, 0.4) is 0 Å². The first-order chi connectivity index (χ1) is 6.24. The highest BCUT2D eigenvalue weighted by Crippen LogP contribution is 2.18. The molecule has 0 saturated carbocycles. The molecule has 1 aromatic rings. The van der Waals surface area contributed by atoms with E-state index in [2.05, 4.69) is 0 Å². The number of alkyl halides is 2. The van der Waals surface area contributed by atoms with Crippen LogP contribution in [-0.4, -0.2) is 11.7 Å². The summed E-state index contributed by atoms with van der Waals surface area (Å²) in [4.78, 5) is 0. The molecule has 0 aliphatic rings. The van der Waals surface area contributed by atoms with Gasteiger partial charge in [0, 0.05) is 5.56 Å². The molecule has 0 bridgehead atoms. The Morgan fingerprint density at radius 2 is 1.85 bits per heavy atom. The van der Waals surface area contributed by atoms with Gasteiger partial charge >= 0.3 is 0 Å². The fourth-order valence-corrected chi connectivity index (χ4v) is 0.941. The van der Waals surface area contributed by atoms with Crippen LogP contribution in [0, 0.1) is 0 Å². The lowest BCUT2D eigenvalue weighted by molar-refractivity contribution is 0.151. The van der Waals surface area contributed by atoms with E-state index in [0.717, 1.165) is 5.56 Å². The molecule has 70 valence electrons. The molecule has 1 rings (SSSR count). The van der Waals surface area contributed by atoms with E-state index in [4.69, 9.17) is 5.11 Å². The minimum Gasteiger partial charge on any atom is -0.392 e.